The topological polar surface area (TPSA) is 58.4 Å². The molecule has 0 saturated carbocycles. The molecular formula is C14H20BrN3O. The van der Waals surface area contributed by atoms with E-state index in [0.29, 0.717) is 12.6 Å². The summed E-state index contributed by atoms with van der Waals surface area (Å²) in [4.78, 5) is 13.0. The van der Waals surface area contributed by atoms with Gasteiger partial charge in [-0.05, 0) is 24.5 Å². The number of hydrogen-bond acceptors (Lipinski definition) is 3. The standard InChI is InChI=1S/C14H20BrN3O/c15-13-4-2-1-3-11(13)9-17-12-5-7-18(8-6-12)10-14(16)19/h1-4,12,17H,5-10H2,(H2,16,19). The van der Waals surface area contributed by atoms with Crippen LogP contribution in [-0.2, 0) is 11.3 Å². The number of rotatable bonds is 5. The largest absolute Gasteiger partial charge is 0.369 e. The van der Waals surface area contributed by atoms with Crippen molar-refractivity contribution in [2.24, 2.45) is 5.73 Å². The van der Waals surface area contributed by atoms with Crippen molar-refractivity contribution in [3.05, 3.63) is 34.3 Å². The average molecular weight is 326 g/mol. The van der Waals surface area contributed by atoms with Gasteiger partial charge in [-0.15, -0.1) is 0 Å². The number of hydrogen-bond donors (Lipinski definition) is 2. The first-order valence-corrected chi connectivity index (χ1v) is 7.42. The molecule has 0 radical (unpaired) electrons. The van der Waals surface area contributed by atoms with Crippen molar-refractivity contribution in [3.63, 3.8) is 0 Å². The minimum absolute atomic E-state index is 0.236. The van der Waals surface area contributed by atoms with E-state index >= 15 is 0 Å². The molecule has 1 saturated heterocycles. The molecule has 1 aliphatic rings. The molecule has 1 aromatic carbocycles. The van der Waals surface area contributed by atoms with E-state index in [1.165, 1.54) is 5.56 Å². The molecule has 19 heavy (non-hydrogen) atoms. The molecule has 5 heteroatoms. The van der Waals surface area contributed by atoms with E-state index in [1.807, 2.05) is 6.07 Å². The second-order valence-corrected chi connectivity index (χ2v) is 5.84. The number of carbonyl (C=O) groups excluding carboxylic acids is 1. The van der Waals surface area contributed by atoms with Crippen molar-refractivity contribution in [1.82, 2.24) is 10.2 Å². The number of nitrogens with one attached hydrogen (secondary N) is 1. The number of carbonyl (C=O) groups is 1. The van der Waals surface area contributed by atoms with Gasteiger partial charge in [0.25, 0.3) is 0 Å². The minimum Gasteiger partial charge on any atom is -0.369 e. The first-order chi connectivity index (χ1) is 9.15. The number of piperidine rings is 1. The van der Waals surface area contributed by atoms with Gasteiger partial charge in [0.05, 0.1) is 6.54 Å². The Balaban J connectivity index is 1.74. The van der Waals surface area contributed by atoms with Crippen LogP contribution in [0.1, 0.15) is 18.4 Å². The van der Waals surface area contributed by atoms with E-state index < -0.39 is 0 Å². The molecule has 1 aromatic rings. The van der Waals surface area contributed by atoms with Crippen LogP contribution in [0.25, 0.3) is 0 Å². The van der Waals surface area contributed by atoms with Crippen molar-refractivity contribution in [2.45, 2.75) is 25.4 Å². The third kappa shape index (κ3) is 4.60. The third-order valence-corrected chi connectivity index (χ3v) is 4.28. The van der Waals surface area contributed by atoms with Crippen LogP contribution in [-0.4, -0.2) is 36.5 Å². The zero-order chi connectivity index (χ0) is 13.7. The van der Waals surface area contributed by atoms with Gasteiger partial charge in [0, 0.05) is 30.1 Å². The highest BCUT2D eigenvalue weighted by Crippen LogP contribution is 2.17. The van der Waals surface area contributed by atoms with Gasteiger partial charge in [-0.2, -0.15) is 0 Å². The highest BCUT2D eigenvalue weighted by Gasteiger charge is 2.19. The Labute approximate surface area is 122 Å². The average Bonchev–Trinajstić information content (AvgIpc) is 2.39. The van der Waals surface area contributed by atoms with E-state index in [4.69, 9.17) is 5.73 Å². The summed E-state index contributed by atoms with van der Waals surface area (Å²) in [6.07, 6.45) is 2.13. The van der Waals surface area contributed by atoms with E-state index in [1.54, 1.807) is 0 Å². The summed E-state index contributed by atoms with van der Waals surface area (Å²) in [5, 5.41) is 3.58. The Bertz CT molecular complexity index is 430. The number of nitrogens with two attached hydrogens (primary N) is 1. The molecular weight excluding hydrogens is 306 g/mol. The molecule has 0 aromatic heterocycles. The number of primary amides is 1. The zero-order valence-corrected chi connectivity index (χ0v) is 12.5. The summed E-state index contributed by atoms with van der Waals surface area (Å²) < 4.78 is 1.15. The second kappa shape index (κ2) is 7.03. The molecule has 1 heterocycles. The van der Waals surface area contributed by atoms with Gasteiger partial charge < -0.3 is 11.1 Å². The van der Waals surface area contributed by atoms with Crippen LogP contribution in [0, 0.1) is 0 Å². The quantitative estimate of drug-likeness (QED) is 0.862. The number of benzene rings is 1. The number of amides is 1. The maximum atomic E-state index is 10.9. The lowest BCUT2D eigenvalue weighted by Gasteiger charge is -2.31. The van der Waals surface area contributed by atoms with Gasteiger partial charge in [0.2, 0.25) is 5.91 Å². The summed E-state index contributed by atoms with van der Waals surface area (Å²) >= 11 is 3.56. The van der Waals surface area contributed by atoms with Crippen LogP contribution >= 0.6 is 15.9 Å². The molecule has 1 aliphatic heterocycles. The Morgan fingerprint density at radius 3 is 2.68 bits per heavy atom. The van der Waals surface area contributed by atoms with Crippen molar-refractivity contribution < 1.29 is 4.79 Å². The van der Waals surface area contributed by atoms with Crippen LogP contribution in [0.2, 0.25) is 0 Å². The van der Waals surface area contributed by atoms with Gasteiger partial charge in [0.1, 0.15) is 0 Å². The molecule has 4 nitrogen and oxygen atoms in total. The first-order valence-electron chi connectivity index (χ1n) is 6.62. The van der Waals surface area contributed by atoms with Crippen molar-refractivity contribution in [1.29, 1.82) is 0 Å². The van der Waals surface area contributed by atoms with Crippen molar-refractivity contribution in [2.75, 3.05) is 19.6 Å². The Morgan fingerprint density at radius 2 is 2.05 bits per heavy atom. The predicted octanol–water partition coefficient (Wildman–Crippen LogP) is 1.49. The second-order valence-electron chi connectivity index (χ2n) is 4.99. The molecule has 0 atom stereocenters. The van der Waals surface area contributed by atoms with E-state index in [9.17, 15) is 4.79 Å². The first kappa shape index (κ1) is 14.5. The van der Waals surface area contributed by atoms with Gasteiger partial charge >= 0.3 is 0 Å². The van der Waals surface area contributed by atoms with Crippen LogP contribution in [0.15, 0.2) is 28.7 Å². The molecule has 1 amide bonds. The highest BCUT2D eigenvalue weighted by atomic mass is 79.9. The summed E-state index contributed by atoms with van der Waals surface area (Å²) in [6, 6.07) is 8.79. The van der Waals surface area contributed by atoms with E-state index in [-0.39, 0.29) is 5.91 Å². The SMILES string of the molecule is NC(=O)CN1CCC(NCc2ccccc2Br)CC1. The van der Waals surface area contributed by atoms with Gasteiger partial charge in [-0.3, -0.25) is 9.69 Å². The fourth-order valence-electron chi connectivity index (χ4n) is 2.41. The van der Waals surface area contributed by atoms with Gasteiger partial charge in [-0.1, -0.05) is 34.1 Å². The molecule has 0 aliphatic carbocycles. The maximum absolute atomic E-state index is 10.9. The number of halogens is 1. The fraction of sp³-hybridized carbons (Fsp3) is 0.500. The Morgan fingerprint density at radius 1 is 1.37 bits per heavy atom. The molecule has 2 rings (SSSR count). The molecule has 0 unspecified atom stereocenters. The normalized spacial score (nSPS) is 17.5. The molecule has 3 N–H and O–H groups in total. The molecule has 0 spiro atoms. The lowest BCUT2D eigenvalue weighted by atomic mass is 10.0. The third-order valence-electron chi connectivity index (χ3n) is 3.51. The number of likely N-dealkylation sites (tertiary alicyclic amines) is 1. The minimum atomic E-state index is -0.236. The number of nitrogens with zero attached hydrogens (tertiary/aromatic N) is 1. The van der Waals surface area contributed by atoms with Crippen molar-refractivity contribution in [3.8, 4) is 0 Å². The summed E-state index contributed by atoms with van der Waals surface area (Å²) in [5.74, 6) is -0.236. The Hall–Kier alpha value is -0.910. The fourth-order valence-corrected chi connectivity index (χ4v) is 2.84. The molecule has 104 valence electrons. The summed E-state index contributed by atoms with van der Waals surface area (Å²) in [5.41, 5.74) is 6.49. The van der Waals surface area contributed by atoms with Crippen LogP contribution in [0.3, 0.4) is 0 Å². The van der Waals surface area contributed by atoms with E-state index in [0.717, 1.165) is 36.9 Å². The van der Waals surface area contributed by atoms with Crippen LogP contribution in [0.5, 0.6) is 0 Å². The highest BCUT2D eigenvalue weighted by molar-refractivity contribution is 9.10. The smallest absolute Gasteiger partial charge is 0.231 e. The molecule has 1 fully saturated rings. The van der Waals surface area contributed by atoms with Crippen LogP contribution in [0.4, 0.5) is 0 Å². The monoisotopic (exact) mass is 325 g/mol. The van der Waals surface area contributed by atoms with Crippen LogP contribution < -0.4 is 11.1 Å². The lowest BCUT2D eigenvalue weighted by molar-refractivity contribution is -0.119. The summed E-state index contributed by atoms with van der Waals surface area (Å²) in [6.45, 7) is 3.14. The van der Waals surface area contributed by atoms with E-state index in [2.05, 4.69) is 44.3 Å². The summed E-state index contributed by atoms with van der Waals surface area (Å²) in [7, 11) is 0. The zero-order valence-electron chi connectivity index (χ0n) is 10.9. The predicted molar refractivity (Wildman–Crippen MR) is 79.6 cm³/mol. The molecule has 0 bridgehead atoms. The van der Waals surface area contributed by atoms with Gasteiger partial charge in [-0.25, -0.2) is 0 Å². The maximum Gasteiger partial charge on any atom is 0.231 e. The Kier molecular flexibility index (Phi) is 5.36. The van der Waals surface area contributed by atoms with Crippen molar-refractivity contribution >= 4 is 21.8 Å². The van der Waals surface area contributed by atoms with Gasteiger partial charge in [0.15, 0.2) is 0 Å². The lowest BCUT2D eigenvalue weighted by Crippen LogP contribution is -2.45.